The second-order valence-electron chi connectivity index (χ2n) is 3.67. The predicted octanol–water partition coefficient (Wildman–Crippen LogP) is -0.0452. The van der Waals surface area contributed by atoms with Crippen molar-refractivity contribution in [2.45, 2.75) is 32.4 Å². The minimum Gasteiger partial charge on any atom is -0.396 e. The van der Waals surface area contributed by atoms with Crippen LogP contribution in [0.5, 0.6) is 0 Å². The van der Waals surface area contributed by atoms with E-state index in [9.17, 15) is 0 Å². The predicted molar refractivity (Wildman–Crippen MR) is 50.1 cm³/mol. The molecule has 3 heteroatoms. The lowest BCUT2D eigenvalue weighted by Gasteiger charge is -2.33. The van der Waals surface area contributed by atoms with Gasteiger partial charge in [0.1, 0.15) is 0 Å². The summed E-state index contributed by atoms with van der Waals surface area (Å²) in [7, 11) is 0. The van der Waals surface area contributed by atoms with Gasteiger partial charge in [-0.05, 0) is 19.3 Å². The Bertz CT molecular complexity index is 118. The van der Waals surface area contributed by atoms with Gasteiger partial charge in [-0.1, -0.05) is 6.92 Å². The van der Waals surface area contributed by atoms with E-state index in [-0.39, 0.29) is 0 Å². The molecule has 0 saturated carbocycles. The molecule has 0 spiro atoms. The van der Waals surface area contributed by atoms with E-state index in [1.165, 1.54) is 0 Å². The smallest absolute Gasteiger partial charge is 0.0474 e. The van der Waals surface area contributed by atoms with Gasteiger partial charge >= 0.3 is 0 Å². The Morgan fingerprint density at radius 3 is 2.58 bits per heavy atom. The summed E-state index contributed by atoms with van der Waals surface area (Å²) in [5, 5.41) is 15.9. The normalized spacial score (nSPS) is 33.2. The molecule has 1 aliphatic heterocycles. The number of aliphatic hydroxyl groups is 1. The van der Waals surface area contributed by atoms with E-state index in [0.717, 1.165) is 19.5 Å². The molecule has 0 aliphatic carbocycles. The van der Waals surface area contributed by atoms with Crippen molar-refractivity contribution < 1.29 is 5.11 Å². The van der Waals surface area contributed by atoms with Gasteiger partial charge in [-0.25, -0.2) is 0 Å². The number of aliphatic hydroxyl groups excluding tert-OH is 1. The van der Waals surface area contributed by atoms with Crippen LogP contribution in [0.15, 0.2) is 0 Å². The van der Waals surface area contributed by atoms with Gasteiger partial charge in [0.15, 0.2) is 0 Å². The third-order valence-corrected chi connectivity index (χ3v) is 2.70. The molecule has 1 aliphatic rings. The zero-order valence-electron chi connectivity index (χ0n) is 8.01. The highest BCUT2D eigenvalue weighted by molar-refractivity contribution is 4.84. The SMILES string of the molecule is CCC(CO)C1CNC(C)CN1. The summed E-state index contributed by atoms with van der Waals surface area (Å²) in [6.45, 7) is 6.59. The zero-order valence-corrected chi connectivity index (χ0v) is 8.01. The number of hydrogen-bond donors (Lipinski definition) is 3. The zero-order chi connectivity index (χ0) is 8.97. The van der Waals surface area contributed by atoms with Crippen LogP contribution in [0.2, 0.25) is 0 Å². The van der Waals surface area contributed by atoms with Crippen molar-refractivity contribution in [3.05, 3.63) is 0 Å². The third-order valence-electron chi connectivity index (χ3n) is 2.70. The highest BCUT2D eigenvalue weighted by atomic mass is 16.3. The van der Waals surface area contributed by atoms with Gasteiger partial charge in [0.25, 0.3) is 0 Å². The van der Waals surface area contributed by atoms with Crippen LogP contribution >= 0.6 is 0 Å². The van der Waals surface area contributed by atoms with Crippen LogP contribution in [0.3, 0.4) is 0 Å². The molecule has 1 rings (SSSR count). The molecule has 0 aromatic rings. The van der Waals surface area contributed by atoms with E-state index < -0.39 is 0 Å². The summed E-state index contributed by atoms with van der Waals surface area (Å²) in [4.78, 5) is 0. The summed E-state index contributed by atoms with van der Waals surface area (Å²) >= 11 is 0. The standard InChI is InChI=1S/C9H20N2O/c1-3-8(6-12)9-5-10-7(2)4-11-9/h7-12H,3-6H2,1-2H3. The molecule has 1 fully saturated rings. The highest BCUT2D eigenvalue weighted by Crippen LogP contribution is 2.09. The Hall–Kier alpha value is -0.120. The maximum atomic E-state index is 9.08. The van der Waals surface area contributed by atoms with E-state index >= 15 is 0 Å². The van der Waals surface area contributed by atoms with Crippen LogP contribution in [0.4, 0.5) is 0 Å². The molecule has 0 amide bonds. The number of piperazine rings is 1. The molecule has 0 radical (unpaired) electrons. The van der Waals surface area contributed by atoms with Crippen molar-refractivity contribution in [1.82, 2.24) is 10.6 Å². The summed E-state index contributed by atoms with van der Waals surface area (Å²) < 4.78 is 0. The van der Waals surface area contributed by atoms with Gasteiger partial charge in [0.2, 0.25) is 0 Å². The van der Waals surface area contributed by atoms with E-state index in [2.05, 4.69) is 24.5 Å². The quantitative estimate of drug-likeness (QED) is 0.559. The Kier molecular flexibility index (Phi) is 3.98. The second kappa shape index (κ2) is 4.80. The first-order chi connectivity index (χ1) is 5.77. The van der Waals surface area contributed by atoms with E-state index in [1.54, 1.807) is 0 Å². The maximum absolute atomic E-state index is 9.08. The molecule has 3 N–H and O–H groups in total. The molecule has 72 valence electrons. The Morgan fingerprint density at radius 2 is 2.17 bits per heavy atom. The van der Waals surface area contributed by atoms with Crippen molar-refractivity contribution in [3.8, 4) is 0 Å². The minimum atomic E-state index is 0.296. The van der Waals surface area contributed by atoms with Crippen molar-refractivity contribution in [2.24, 2.45) is 5.92 Å². The average molecular weight is 172 g/mol. The molecule has 3 atom stereocenters. The first kappa shape index (κ1) is 9.96. The van der Waals surface area contributed by atoms with Crippen LogP contribution in [0, 0.1) is 5.92 Å². The van der Waals surface area contributed by atoms with Crippen molar-refractivity contribution in [2.75, 3.05) is 19.7 Å². The topological polar surface area (TPSA) is 44.3 Å². The summed E-state index contributed by atoms with van der Waals surface area (Å²) in [6.07, 6.45) is 1.05. The molecule has 0 aromatic heterocycles. The Morgan fingerprint density at radius 1 is 1.42 bits per heavy atom. The first-order valence-corrected chi connectivity index (χ1v) is 4.85. The molecule has 0 aromatic carbocycles. The molecule has 0 bridgehead atoms. The molecular formula is C9H20N2O. The van der Waals surface area contributed by atoms with Gasteiger partial charge in [-0.15, -0.1) is 0 Å². The maximum Gasteiger partial charge on any atom is 0.0474 e. The number of hydrogen-bond acceptors (Lipinski definition) is 3. The van der Waals surface area contributed by atoms with Crippen LogP contribution in [-0.2, 0) is 0 Å². The van der Waals surface area contributed by atoms with Gasteiger partial charge in [-0.3, -0.25) is 0 Å². The van der Waals surface area contributed by atoms with Crippen LogP contribution in [-0.4, -0.2) is 36.9 Å². The highest BCUT2D eigenvalue weighted by Gasteiger charge is 2.22. The monoisotopic (exact) mass is 172 g/mol. The lowest BCUT2D eigenvalue weighted by molar-refractivity contribution is 0.168. The second-order valence-corrected chi connectivity index (χ2v) is 3.67. The fourth-order valence-corrected chi connectivity index (χ4v) is 1.67. The lowest BCUT2D eigenvalue weighted by Crippen LogP contribution is -2.56. The van der Waals surface area contributed by atoms with Gasteiger partial charge in [-0.2, -0.15) is 0 Å². The Balaban J connectivity index is 2.32. The summed E-state index contributed by atoms with van der Waals surface area (Å²) in [5.41, 5.74) is 0. The van der Waals surface area contributed by atoms with Gasteiger partial charge in [0.05, 0.1) is 0 Å². The molecule has 12 heavy (non-hydrogen) atoms. The largest absolute Gasteiger partial charge is 0.396 e. The van der Waals surface area contributed by atoms with Crippen molar-refractivity contribution in [1.29, 1.82) is 0 Å². The van der Waals surface area contributed by atoms with E-state index in [4.69, 9.17) is 5.11 Å². The van der Waals surface area contributed by atoms with E-state index in [0.29, 0.717) is 24.6 Å². The van der Waals surface area contributed by atoms with E-state index in [1.807, 2.05) is 0 Å². The lowest BCUT2D eigenvalue weighted by atomic mass is 9.96. The summed E-state index contributed by atoms with van der Waals surface area (Å²) in [6, 6.07) is 1.02. The summed E-state index contributed by atoms with van der Waals surface area (Å²) in [5.74, 6) is 0.407. The Labute approximate surface area is 74.5 Å². The molecular weight excluding hydrogens is 152 g/mol. The van der Waals surface area contributed by atoms with Gasteiger partial charge < -0.3 is 15.7 Å². The van der Waals surface area contributed by atoms with Crippen LogP contribution < -0.4 is 10.6 Å². The molecule has 1 saturated heterocycles. The molecule has 3 nitrogen and oxygen atoms in total. The molecule has 1 heterocycles. The third kappa shape index (κ3) is 2.44. The fourth-order valence-electron chi connectivity index (χ4n) is 1.67. The number of nitrogens with one attached hydrogen (secondary N) is 2. The van der Waals surface area contributed by atoms with Crippen molar-refractivity contribution >= 4 is 0 Å². The minimum absolute atomic E-state index is 0.296. The van der Waals surface area contributed by atoms with Crippen LogP contribution in [0.1, 0.15) is 20.3 Å². The first-order valence-electron chi connectivity index (χ1n) is 4.85. The number of rotatable bonds is 3. The van der Waals surface area contributed by atoms with Crippen LogP contribution in [0.25, 0.3) is 0 Å². The molecule has 3 unspecified atom stereocenters. The fraction of sp³-hybridized carbons (Fsp3) is 1.00. The van der Waals surface area contributed by atoms with Crippen molar-refractivity contribution in [3.63, 3.8) is 0 Å². The average Bonchev–Trinajstić information content (AvgIpc) is 2.10. The van der Waals surface area contributed by atoms with Gasteiger partial charge in [0, 0.05) is 31.8 Å².